The fourth-order valence-corrected chi connectivity index (χ4v) is 3.30. The van der Waals surface area contributed by atoms with Gasteiger partial charge in [-0.2, -0.15) is 5.10 Å². The number of aromatic nitrogens is 3. The molecule has 0 spiro atoms. The van der Waals surface area contributed by atoms with Crippen molar-refractivity contribution in [2.45, 2.75) is 65.2 Å². The minimum Gasteiger partial charge on any atom is -0.399 e. The van der Waals surface area contributed by atoms with Crippen LogP contribution in [-0.4, -0.2) is 15.2 Å². The van der Waals surface area contributed by atoms with E-state index < -0.39 is 0 Å². The molecule has 0 bridgehead atoms. The smallest absolute Gasteiger partial charge is 0.155 e. The van der Waals surface area contributed by atoms with E-state index in [0.29, 0.717) is 11.3 Å². The van der Waals surface area contributed by atoms with Crippen LogP contribution in [-0.2, 0) is 5.41 Å². The molecule has 1 aromatic heterocycles. The Kier molecular flexibility index (Phi) is 7.80. The topological polar surface area (TPSA) is 67.6 Å². The average Bonchev–Trinajstić information content (AvgIpc) is 3.23. The number of benzene rings is 2. The van der Waals surface area contributed by atoms with Crippen LogP contribution in [0.2, 0.25) is 0 Å². The van der Waals surface area contributed by atoms with Crippen LogP contribution in [0.25, 0.3) is 11.4 Å². The molecule has 3 rings (SSSR count). The van der Waals surface area contributed by atoms with Gasteiger partial charge in [-0.05, 0) is 47.4 Å². The monoisotopic (exact) mass is 378 g/mol. The Morgan fingerprint density at radius 3 is 2.32 bits per heavy atom. The number of hydrogen-bond acceptors (Lipinski definition) is 3. The Morgan fingerprint density at radius 1 is 1.07 bits per heavy atom. The molecule has 3 aromatic rings. The largest absolute Gasteiger partial charge is 0.399 e. The molecule has 3 N–H and O–H groups in total. The molecule has 1 atom stereocenters. The fraction of sp³-hybridized carbons (Fsp3) is 0.417. The molecular formula is C24H34N4. The van der Waals surface area contributed by atoms with Gasteiger partial charge in [0.1, 0.15) is 6.33 Å². The van der Waals surface area contributed by atoms with E-state index in [1.54, 1.807) is 0 Å². The molecule has 1 heterocycles. The zero-order valence-electron chi connectivity index (χ0n) is 17.9. The van der Waals surface area contributed by atoms with Crippen LogP contribution in [0.3, 0.4) is 0 Å². The van der Waals surface area contributed by atoms with Crippen molar-refractivity contribution < 1.29 is 0 Å². The van der Waals surface area contributed by atoms with Crippen LogP contribution in [0.5, 0.6) is 0 Å². The lowest BCUT2D eigenvalue weighted by molar-refractivity contribution is 0.473. The molecule has 0 amide bonds. The molecular weight excluding hydrogens is 344 g/mol. The Hall–Kier alpha value is -2.62. The third-order valence-corrected chi connectivity index (χ3v) is 5.32. The Morgan fingerprint density at radius 2 is 1.79 bits per heavy atom. The molecule has 4 heteroatoms. The van der Waals surface area contributed by atoms with Crippen molar-refractivity contribution in [3.8, 4) is 11.4 Å². The maximum Gasteiger partial charge on any atom is 0.155 e. The van der Waals surface area contributed by atoms with Crippen LogP contribution in [0, 0.1) is 0 Å². The number of nitrogens with zero attached hydrogens (tertiary/aromatic N) is 2. The second kappa shape index (κ2) is 10.1. The summed E-state index contributed by atoms with van der Waals surface area (Å²) in [5, 5.41) is 6.52. The minimum absolute atomic E-state index is 0.322. The molecule has 4 nitrogen and oxygen atoms in total. The van der Waals surface area contributed by atoms with Gasteiger partial charge in [-0.1, -0.05) is 77.4 Å². The summed E-state index contributed by atoms with van der Waals surface area (Å²) < 4.78 is 0. The van der Waals surface area contributed by atoms with Crippen LogP contribution in [0.1, 0.15) is 70.9 Å². The summed E-state index contributed by atoms with van der Waals surface area (Å²) in [5.74, 6) is 1.42. The Bertz CT molecular complexity index is 820. The highest BCUT2D eigenvalue weighted by molar-refractivity contribution is 5.60. The summed E-state index contributed by atoms with van der Waals surface area (Å²) in [6, 6.07) is 16.7. The van der Waals surface area contributed by atoms with Gasteiger partial charge >= 0.3 is 0 Å². The van der Waals surface area contributed by atoms with Crippen LogP contribution < -0.4 is 5.73 Å². The minimum atomic E-state index is 0.322. The molecule has 0 aliphatic carbocycles. The summed E-state index contributed by atoms with van der Waals surface area (Å²) in [5.41, 5.74) is 10.5. The lowest BCUT2D eigenvalue weighted by atomic mass is 9.80. The first-order valence-corrected chi connectivity index (χ1v) is 10.2. The van der Waals surface area contributed by atoms with Crippen molar-refractivity contribution in [2.24, 2.45) is 0 Å². The third kappa shape index (κ3) is 5.95. The summed E-state index contributed by atoms with van der Waals surface area (Å²) in [6.07, 6.45) is 5.20. The summed E-state index contributed by atoms with van der Waals surface area (Å²) in [7, 11) is 0. The standard InChI is InChI=1S/C16H26.C8H8N4/c1-6-12-16(4,5)15-10-8-14(9-11-15)13(3)7-2;9-7-3-1-2-6(4-7)8-10-5-11-12-8/h8-11,13H,6-7,12H2,1-5H3;1-5H,9H2,(H,10,11,12). The van der Waals surface area contributed by atoms with Gasteiger partial charge in [-0.25, -0.2) is 4.98 Å². The van der Waals surface area contributed by atoms with Crippen molar-refractivity contribution in [2.75, 3.05) is 5.73 Å². The normalized spacial score (nSPS) is 12.2. The first-order valence-electron chi connectivity index (χ1n) is 10.2. The molecule has 1 unspecified atom stereocenters. The lowest BCUT2D eigenvalue weighted by Gasteiger charge is -2.25. The van der Waals surface area contributed by atoms with E-state index in [9.17, 15) is 0 Å². The number of rotatable bonds is 6. The van der Waals surface area contributed by atoms with E-state index in [2.05, 4.69) is 74.1 Å². The zero-order chi connectivity index (χ0) is 20.6. The highest BCUT2D eigenvalue weighted by Crippen LogP contribution is 2.29. The van der Waals surface area contributed by atoms with Gasteiger partial charge in [-0.3, -0.25) is 5.10 Å². The molecule has 0 aliphatic heterocycles. The number of hydrogen-bond donors (Lipinski definition) is 2. The van der Waals surface area contributed by atoms with E-state index >= 15 is 0 Å². The summed E-state index contributed by atoms with van der Waals surface area (Å²) in [6.45, 7) is 11.5. The maximum atomic E-state index is 5.60. The third-order valence-electron chi connectivity index (χ3n) is 5.32. The Labute approximate surface area is 169 Å². The highest BCUT2D eigenvalue weighted by Gasteiger charge is 2.19. The zero-order valence-corrected chi connectivity index (χ0v) is 17.9. The molecule has 2 aromatic carbocycles. The van der Waals surface area contributed by atoms with Gasteiger partial charge in [0.25, 0.3) is 0 Å². The molecule has 0 fully saturated rings. The number of aromatic amines is 1. The van der Waals surface area contributed by atoms with Crippen LogP contribution >= 0.6 is 0 Å². The van der Waals surface area contributed by atoms with Crippen molar-refractivity contribution in [1.82, 2.24) is 15.2 Å². The summed E-state index contributed by atoms with van der Waals surface area (Å²) >= 11 is 0. The van der Waals surface area contributed by atoms with Gasteiger partial charge in [0.05, 0.1) is 0 Å². The van der Waals surface area contributed by atoms with Crippen molar-refractivity contribution in [3.05, 3.63) is 66.0 Å². The molecule has 0 aliphatic rings. The van der Waals surface area contributed by atoms with Crippen molar-refractivity contribution >= 4 is 5.69 Å². The first kappa shape index (κ1) is 21.7. The number of nitrogen functional groups attached to an aromatic ring is 1. The first-order chi connectivity index (χ1) is 13.4. The number of anilines is 1. The predicted octanol–water partition coefficient (Wildman–Crippen LogP) is 6.33. The number of nitrogens with one attached hydrogen (secondary N) is 1. The second-order valence-electron chi connectivity index (χ2n) is 8.02. The second-order valence-corrected chi connectivity index (χ2v) is 8.02. The van der Waals surface area contributed by atoms with E-state index in [1.165, 1.54) is 36.7 Å². The predicted molar refractivity (Wildman–Crippen MR) is 119 cm³/mol. The number of H-pyrrole nitrogens is 1. The van der Waals surface area contributed by atoms with Crippen LogP contribution in [0.4, 0.5) is 5.69 Å². The van der Waals surface area contributed by atoms with Crippen molar-refractivity contribution in [1.29, 1.82) is 0 Å². The molecule has 0 saturated heterocycles. The van der Waals surface area contributed by atoms with Gasteiger partial charge in [0.15, 0.2) is 5.82 Å². The van der Waals surface area contributed by atoms with Gasteiger partial charge in [0.2, 0.25) is 0 Å². The average molecular weight is 379 g/mol. The molecule has 0 radical (unpaired) electrons. The number of nitrogens with two attached hydrogens (primary N) is 1. The van der Waals surface area contributed by atoms with E-state index in [4.69, 9.17) is 5.73 Å². The van der Waals surface area contributed by atoms with Gasteiger partial charge in [0, 0.05) is 11.3 Å². The Balaban J connectivity index is 0.000000207. The lowest BCUT2D eigenvalue weighted by Crippen LogP contribution is -2.16. The molecule has 28 heavy (non-hydrogen) atoms. The summed E-state index contributed by atoms with van der Waals surface area (Å²) in [4.78, 5) is 4.01. The highest BCUT2D eigenvalue weighted by atomic mass is 15.2. The maximum absolute atomic E-state index is 5.60. The SMILES string of the molecule is CCCC(C)(C)c1ccc(C(C)CC)cc1.Nc1cccc(-c2ncn[nH]2)c1. The fourth-order valence-electron chi connectivity index (χ4n) is 3.30. The van der Waals surface area contributed by atoms with Crippen LogP contribution in [0.15, 0.2) is 54.9 Å². The van der Waals surface area contributed by atoms with E-state index in [1.807, 2.05) is 24.3 Å². The quantitative estimate of drug-likeness (QED) is 0.492. The van der Waals surface area contributed by atoms with Gasteiger partial charge < -0.3 is 5.73 Å². The molecule has 150 valence electrons. The van der Waals surface area contributed by atoms with E-state index in [0.717, 1.165) is 17.1 Å². The van der Waals surface area contributed by atoms with E-state index in [-0.39, 0.29) is 0 Å². The van der Waals surface area contributed by atoms with Gasteiger partial charge in [-0.15, -0.1) is 0 Å². The van der Waals surface area contributed by atoms with Crippen molar-refractivity contribution in [3.63, 3.8) is 0 Å². The molecule has 0 saturated carbocycles.